The third-order valence-electron chi connectivity index (χ3n) is 5.17. The minimum atomic E-state index is -0.405. The molecule has 2 amide bonds. The molecule has 0 spiro atoms. The lowest BCUT2D eigenvalue weighted by Gasteiger charge is -2.15. The number of halogens is 1. The third-order valence-corrected chi connectivity index (χ3v) is 6.96. The number of nitrogens with zero attached hydrogens (tertiary/aromatic N) is 1. The van der Waals surface area contributed by atoms with Crippen LogP contribution in [0.3, 0.4) is 0 Å². The van der Waals surface area contributed by atoms with E-state index in [1.807, 2.05) is 68.4 Å². The molecule has 1 aliphatic heterocycles. The van der Waals surface area contributed by atoms with Gasteiger partial charge in [-0.15, -0.1) is 0 Å². The Balaban J connectivity index is 1.48. The number of hydrogen-bond donors (Lipinski definition) is 1. The number of benzene rings is 3. The zero-order valence-electron chi connectivity index (χ0n) is 19.6. The van der Waals surface area contributed by atoms with E-state index in [1.54, 1.807) is 18.2 Å². The second-order valence-electron chi connectivity index (χ2n) is 7.88. The Morgan fingerprint density at radius 2 is 1.86 bits per heavy atom. The quantitative estimate of drug-likeness (QED) is 0.249. The predicted molar refractivity (Wildman–Crippen MR) is 150 cm³/mol. The van der Waals surface area contributed by atoms with Crippen molar-refractivity contribution in [2.45, 2.75) is 20.5 Å². The molecule has 0 saturated carbocycles. The van der Waals surface area contributed by atoms with E-state index in [0.29, 0.717) is 35.2 Å². The third kappa shape index (κ3) is 6.34. The van der Waals surface area contributed by atoms with Crippen molar-refractivity contribution in [1.82, 2.24) is 10.4 Å². The summed E-state index contributed by atoms with van der Waals surface area (Å²) >= 11 is 9.94. The fraction of sp³-hybridized carbons (Fsp3) is 0.148. The molecule has 0 bridgehead atoms. The number of rotatable bonds is 8. The van der Waals surface area contributed by atoms with Crippen LogP contribution in [0.4, 0.5) is 0 Å². The average Bonchev–Trinajstić information content (AvgIpc) is 3.11. The van der Waals surface area contributed by atoms with Crippen LogP contribution in [0.1, 0.15) is 34.0 Å². The molecule has 4 rings (SSSR count). The number of hydrazine groups is 1. The van der Waals surface area contributed by atoms with E-state index >= 15 is 0 Å². The number of carbonyl (C=O) groups excluding carboxylic acids is 2. The molecular weight excluding hydrogens is 560 g/mol. The molecule has 1 saturated heterocycles. The molecule has 0 unspecified atom stereocenters. The molecule has 1 aliphatic rings. The summed E-state index contributed by atoms with van der Waals surface area (Å²) in [6.45, 7) is 4.68. The van der Waals surface area contributed by atoms with Gasteiger partial charge in [-0.05, 0) is 79.7 Å². The zero-order valence-corrected chi connectivity index (χ0v) is 22.8. The van der Waals surface area contributed by atoms with Gasteiger partial charge in [0.15, 0.2) is 15.8 Å². The van der Waals surface area contributed by atoms with Crippen molar-refractivity contribution in [2.24, 2.45) is 0 Å². The highest BCUT2D eigenvalue weighted by Gasteiger charge is 2.33. The van der Waals surface area contributed by atoms with Gasteiger partial charge in [0, 0.05) is 10.0 Å². The highest BCUT2D eigenvalue weighted by molar-refractivity contribution is 9.10. The molecule has 36 heavy (non-hydrogen) atoms. The van der Waals surface area contributed by atoms with E-state index in [0.717, 1.165) is 37.9 Å². The standard InChI is InChI=1S/C27H23BrN2O4S2/c1-3-33-23-14-18(9-12-22(23)34-16-19-5-4-6-21(28)13-19)15-24-26(32)30(27(35)36-24)29-25(31)20-10-7-17(2)8-11-20/h4-15H,3,16H2,1-2H3,(H,29,31)/b24-15+. The molecule has 184 valence electrons. The maximum absolute atomic E-state index is 13.0. The number of amides is 2. The maximum atomic E-state index is 13.0. The molecule has 0 radical (unpaired) electrons. The Bertz CT molecular complexity index is 1340. The number of nitrogens with one attached hydrogen (secondary N) is 1. The van der Waals surface area contributed by atoms with Crippen molar-refractivity contribution in [1.29, 1.82) is 0 Å². The summed E-state index contributed by atoms with van der Waals surface area (Å²) in [5.74, 6) is 0.382. The summed E-state index contributed by atoms with van der Waals surface area (Å²) in [7, 11) is 0. The van der Waals surface area contributed by atoms with Gasteiger partial charge < -0.3 is 9.47 Å². The van der Waals surface area contributed by atoms with E-state index in [2.05, 4.69) is 21.4 Å². The zero-order chi connectivity index (χ0) is 25.7. The molecule has 0 aromatic heterocycles. The van der Waals surface area contributed by atoms with Gasteiger partial charge in [0.1, 0.15) is 6.61 Å². The predicted octanol–water partition coefficient (Wildman–Crippen LogP) is 6.28. The van der Waals surface area contributed by atoms with Gasteiger partial charge in [-0.3, -0.25) is 15.0 Å². The van der Waals surface area contributed by atoms with Gasteiger partial charge in [-0.25, -0.2) is 0 Å². The Labute approximate surface area is 227 Å². The molecule has 1 heterocycles. The number of carbonyl (C=O) groups is 2. The highest BCUT2D eigenvalue weighted by atomic mass is 79.9. The maximum Gasteiger partial charge on any atom is 0.285 e. The van der Waals surface area contributed by atoms with Crippen LogP contribution in [0, 0.1) is 6.92 Å². The smallest absolute Gasteiger partial charge is 0.285 e. The fourth-order valence-electron chi connectivity index (χ4n) is 3.38. The molecule has 9 heteroatoms. The van der Waals surface area contributed by atoms with Crippen molar-refractivity contribution in [3.63, 3.8) is 0 Å². The molecule has 6 nitrogen and oxygen atoms in total. The first-order chi connectivity index (χ1) is 17.3. The summed E-state index contributed by atoms with van der Waals surface area (Å²) in [4.78, 5) is 26.0. The molecular formula is C27H23BrN2O4S2. The molecule has 3 aromatic carbocycles. The van der Waals surface area contributed by atoms with Crippen LogP contribution in [-0.4, -0.2) is 27.8 Å². The van der Waals surface area contributed by atoms with Crippen LogP contribution >= 0.6 is 39.9 Å². The molecule has 1 fully saturated rings. The molecule has 0 atom stereocenters. The lowest BCUT2D eigenvalue weighted by molar-refractivity contribution is -0.123. The Hall–Kier alpha value is -3.14. The number of hydrogen-bond acceptors (Lipinski definition) is 6. The van der Waals surface area contributed by atoms with E-state index < -0.39 is 11.8 Å². The number of ether oxygens (including phenoxy) is 2. The highest BCUT2D eigenvalue weighted by Crippen LogP contribution is 2.34. The fourth-order valence-corrected chi connectivity index (χ4v) is 5.00. The van der Waals surface area contributed by atoms with Crippen molar-refractivity contribution in [2.75, 3.05) is 6.61 Å². The van der Waals surface area contributed by atoms with Gasteiger partial charge >= 0.3 is 0 Å². The van der Waals surface area contributed by atoms with E-state index in [4.69, 9.17) is 21.7 Å². The average molecular weight is 584 g/mol. The first-order valence-electron chi connectivity index (χ1n) is 11.1. The minimum absolute atomic E-state index is 0.255. The van der Waals surface area contributed by atoms with Crippen molar-refractivity contribution in [3.8, 4) is 11.5 Å². The van der Waals surface area contributed by atoms with Gasteiger partial charge in [-0.1, -0.05) is 63.6 Å². The summed E-state index contributed by atoms with van der Waals surface area (Å²) in [6.07, 6.45) is 1.72. The van der Waals surface area contributed by atoms with Crippen LogP contribution < -0.4 is 14.9 Å². The summed E-state index contributed by atoms with van der Waals surface area (Å²) < 4.78 is 13.0. The van der Waals surface area contributed by atoms with E-state index in [9.17, 15) is 9.59 Å². The molecule has 3 aromatic rings. The first kappa shape index (κ1) is 25.9. The summed E-state index contributed by atoms with van der Waals surface area (Å²) in [5, 5.41) is 1.10. The number of thiocarbonyl (C=S) groups is 1. The van der Waals surface area contributed by atoms with Crippen molar-refractivity contribution in [3.05, 3.63) is 98.4 Å². The molecule has 0 aliphatic carbocycles. The lowest BCUT2D eigenvalue weighted by Crippen LogP contribution is -2.44. The summed E-state index contributed by atoms with van der Waals surface area (Å²) in [5.41, 5.74) is 5.85. The van der Waals surface area contributed by atoms with Crippen LogP contribution in [0.5, 0.6) is 11.5 Å². The largest absolute Gasteiger partial charge is 0.490 e. The summed E-state index contributed by atoms with van der Waals surface area (Å²) in [6, 6.07) is 20.4. The van der Waals surface area contributed by atoms with Gasteiger partial charge in [0.05, 0.1) is 11.5 Å². The number of aryl methyl sites for hydroxylation is 1. The normalized spacial score (nSPS) is 14.3. The van der Waals surface area contributed by atoms with Gasteiger partial charge in [0.25, 0.3) is 11.8 Å². The topological polar surface area (TPSA) is 67.9 Å². The van der Waals surface area contributed by atoms with Crippen molar-refractivity contribution < 1.29 is 19.1 Å². The Morgan fingerprint density at radius 3 is 2.58 bits per heavy atom. The monoisotopic (exact) mass is 582 g/mol. The number of thioether (sulfide) groups is 1. The van der Waals surface area contributed by atoms with Gasteiger partial charge in [-0.2, -0.15) is 5.01 Å². The van der Waals surface area contributed by atoms with E-state index in [-0.39, 0.29) is 4.32 Å². The van der Waals surface area contributed by atoms with Crippen molar-refractivity contribution >= 4 is 62.1 Å². The second-order valence-corrected chi connectivity index (χ2v) is 10.5. The SMILES string of the molecule is CCOc1cc(/C=C2/SC(=S)N(NC(=O)c3ccc(C)cc3)C2=O)ccc1OCc1cccc(Br)c1. The van der Waals surface area contributed by atoms with Gasteiger partial charge in [0.2, 0.25) is 0 Å². The minimum Gasteiger partial charge on any atom is -0.490 e. The van der Waals surface area contributed by atoms with Crippen LogP contribution in [0.15, 0.2) is 76.1 Å². The second kappa shape index (κ2) is 11.7. The lowest BCUT2D eigenvalue weighted by atomic mass is 10.1. The van der Waals surface area contributed by atoms with Crippen LogP contribution in [-0.2, 0) is 11.4 Å². The first-order valence-corrected chi connectivity index (χ1v) is 13.2. The van der Waals surface area contributed by atoms with Crippen LogP contribution in [0.2, 0.25) is 0 Å². The molecule has 1 N–H and O–H groups in total. The Kier molecular flexibility index (Phi) is 8.45. The Morgan fingerprint density at radius 1 is 1.08 bits per heavy atom. The van der Waals surface area contributed by atoms with Crippen LogP contribution in [0.25, 0.3) is 6.08 Å². The van der Waals surface area contributed by atoms with E-state index in [1.165, 1.54) is 0 Å².